The first-order valence-electron chi connectivity index (χ1n) is 4.94. The second-order valence-electron chi connectivity index (χ2n) is 3.48. The predicted octanol–water partition coefficient (Wildman–Crippen LogP) is 2.78. The van der Waals surface area contributed by atoms with Crippen molar-refractivity contribution in [3.05, 3.63) is 27.2 Å². The molecule has 1 atom stereocenters. The fourth-order valence-electron chi connectivity index (χ4n) is 1.35. The first-order chi connectivity index (χ1) is 8.08. The summed E-state index contributed by atoms with van der Waals surface area (Å²) < 4.78 is 0. The molecule has 2 N–H and O–H groups in total. The van der Waals surface area contributed by atoms with Crippen molar-refractivity contribution in [3.8, 4) is 0 Å². The minimum absolute atomic E-state index is 0.0298. The van der Waals surface area contributed by atoms with Gasteiger partial charge >= 0.3 is 5.97 Å². The van der Waals surface area contributed by atoms with Crippen LogP contribution >= 0.6 is 22.7 Å². The summed E-state index contributed by atoms with van der Waals surface area (Å²) in [5, 5.41) is 15.6. The Morgan fingerprint density at radius 2 is 2.35 bits per heavy atom. The molecule has 0 aromatic carbocycles. The van der Waals surface area contributed by atoms with E-state index in [0.717, 1.165) is 16.3 Å². The molecule has 0 saturated carbocycles. The summed E-state index contributed by atoms with van der Waals surface area (Å²) in [5.74, 6) is -0.935. The molecule has 0 aliphatic carbocycles. The first kappa shape index (κ1) is 12.0. The van der Waals surface area contributed by atoms with Crippen molar-refractivity contribution in [2.45, 2.75) is 19.9 Å². The number of thiazole rings is 2. The van der Waals surface area contributed by atoms with Crippen LogP contribution in [0.2, 0.25) is 0 Å². The van der Waals surface area contributed by atoms with E-state index in [-0.39, 0.29) is 10.9 Å². The van der Waals surface area contributed by atoms with Crippen LogP contribution in [0.3, 0.4) is 0 Å². The Morgan fingerprint density at radius 3 is 2.88 bits per heavy atom. The third-order valence-electron chi connectivity index (χ3n) is 2.15. The average Bonchev–Trinajstić information content (AvgIpc) is 2.86. The van der Waals surface area contributed by atoms with E-state index in [1.165, 1.54) is 0 Å². The van der Waals surface area contributed by atoms with Crippen molar-refractivity contribution >= 4 is 33.8 Å². The highest BCUT2D eigenvalue weighted by Gasteiger charge is 2.16. The molecule has 7 heteroatoms. The van der Waals surface area contributed by atoms with Crippen LogP contribution in [0.25, 0.3) is 0 Å². The monoisotopic (exact) mass is 269 g/mol. The third kappa shape index (κ3) is 2.62. The van der Waals surface area contributed by atoms with E-state index in [2.05, 4.69) is 15.3 Å². The number of nitrogens with zero attached hydrogens (tertiary/aromatic N) is 2. The maximum absolute atomic E-state index is 10.9. The number of anilines is 1. The Bertz CT molecular complexity index is 522. The number of nitrogens with one attached hydrogen (secondary N) is 1. The normalized spacial score (nSPS) is 12.4. The topological polar surface area (TPSA) is 75.1 Å². The Hall–Kier alpha value is -1.47. The van der Waals surface area contributed by atoms with Gasteiger partial charge in [0, 0.05) is 11.6 Å². The fraction of sp³-hybridized carbons (Fsp3) is 0.300. The lowest BCUT2D eigenvalue weighted by Gasteiger charge is -2.08. The van der Waals surface area contributed by atoms with E-state index in [0.29, 0.717) is 10.8 Å². The second kappa shape index (κ2) is 4.80. The zero-order valence-electron chi connectivity index (χ0n) is 9.30. The summed E-state index contributed by atoms with van der Waals surface area (Å²) in [4.78, 5) is 19.5. The van der Waals surface area contributed by atoms with Crippen molar-refractivity contribution in [1.29, 1.82) is 0 Å². The molecule has 90 valence electrons. The van der Waals surface area contributed by atoms with Gasteiger partial charge in [-0.25, -0.2) is 14.8 Å². The minimum atomic E-state index is -0.935. The molecule has 0 amide bonds. The SMILES string of the molecule is Cc1nc(NC(C)c2nccs2)sc1C(=O)O. The van der Waals surface area contributed by atoms with Gasteiger partial charge in [-0.05, 0) is 13.8 Å². The lowest BCUT2D eigenvalue weighted by Crippen LogP contribution is -2.05. The van der Waals surface area contributed by atoms with E-state index >= 15 is 0 Å². The first-order valence-corrected chi connectivity index (χ1v) is 6.64. The number of hydrogen-bond acceptors (Lipinski definition) is 6. The molecule has 1 unspecified atom stereocenters. The predicted molar refractivity (Wildman–Crippen MR) is 68.0 cm³/mol. The molecule has 17 heavy (non-hydrogen) atoms. The molecule has 0 aliphatic rings. The van der Waals surface area contributed by atoms with Gasteiger partial charge in [-0.3, -0.25) is 0 Å². The van der Waals surface area contributed by atoms with Gasteiger partial charge < -0.3 is 10.4 Å². The molecular weight excluding hydrogens is 258 g/mol. The lowest BCUT2D eigenvalue weighted by atomic mass is 10.4. The number of aryl methyl sites for hydroxylation is 1. The van der Waals surface area contributed by atoms with Crippen LogP contribution < -0.4 is 5.32 Å². The van der Waals surface area contributed by atoms with Crippen molar-refractivity contribution in [3.63, 3.8) is 0 Å². The van der Waals surface area contributed by atoms with Crippen molar-refractivity contribution in [1.82, 2.24) is 9.97 Å². The average molecular weight is 269 g/mol. The summed E-state index contributed by atoms with van der Waals surface area (Å²) >= 11 is 2.70. The molecule has 2 aromatic heterocycles. The van der Waals surface area contributed by atoms with Crippen LogP contribution in [0.4, 0.5) is 5.13 Å². The minimum Gasteiger partial charge on any atom is -0.477 e. The quantitative estimate of drug-likeness (QED) is 0.892. The largest absolute Gasteiger partial charge is 0.477 e. The van der Waals surface area contributed by atoms with Crippen molar-refractivity contribution < 1.29 is 9.90 Å². The van der Waals surface area contributed by atoms with E-state index in [1.54, 1.807) is 24.5 Å². The van der Waals surface area contributed by atoms with Gasteiger partial charge in [0.1, 0.15) is 9.88 Å². The maximum atomic E-state index is 10.9. The summed E-state index contributed by atoms with van der Waals surface area (Å²) in [5.41, 5.74) is 0.538. The molecule has 2 rings (SSSR count). The number of rotatable bonds is 4. The molecule has 0 fully saturated rings. The van der Waals surface area contributed by atoms with Crippen molar-refractivity contribution in [2.75, 3.05) is 5.32 Å². The van der Waals surface area contributed by atoms with E-state index < -0.39 is 5.97 Å². The Kier molecular flexibility index (Phi) is 3.39. The number of aromatic carboxylic acids is 1. The summed E-state index contributed by atoms with van der Waals surface area (Å²) in [6, 6.07) is 0.0298. The fourth-order valence-corrected chi connectivity index (χ4v) is 2.89. The van der Waals surface area contributed by atoms with Gasteiger partial charge in [0.25, 0.3) is 0 Å². The highest BCUT2D eigenvalue weighted by Crippen LogP contribution is 2.26. The molecule has 0 radical (unpaired) electrons. The molecule has 0 saturated heterocycles. The third-order valence-corrected chi connectivity index (χ3v) is 4.19. The van der Waals surface area contributed by atoms with E-state index in [1.807, 2.05) is 12.3 Å². The smallest absolute Gasteiger partial charge is 0.347 e. The van der Waals surface area contributed by atoms with Gasteiger partial charge in [0.2, 0.25) is 0 Å². The van der Waals surface area contributed by atoms with Crippen LogP contribution in [0.1, 0.15) is 33.3 Å². The lowest BCUT2D eigenvalue weighted by molar-refractivity contribution is 0.0701. The summed E-state index contributed by atoms with van der Waals surface area (Å²) in [6.45, 7) is 3.66. The number of aromatic nitrogens is 2. The molecule has 0 bridgehead atoms. The molecule has 2 heterocycles. The van der Waals surface area contributed by atoms with Crippen LogP contribution in [-0.2, 0) is 0 Å². The number of carboxylic acid groups (broad SMARTS) is 1. The maximum Gasteiger partial charge on any atom is 0.347 e. The highest BCUT2D eigenvalue weighted by atomic mass is 32.1. The van der Waals surface area contributed by atoms with Gasteiger partial charge in [-0.1, -0.05) is 11.3 Å². The van der Waals surface area contributed by atoms with E-state index in [4.69, 9.17) is 5.11 Å². The number of carboxylic acids is 1. The van der Waals surface area contributed by atoms with Crippen molar-refractivity contribution in [2.24, 2.45) is 0 Å². The molecule has 5 nitrogen and oxygen atoms in total. The Morgan fingerprint density at radius 1 is 1.59 bits per heavy atom. The zero-order valence-corrected chi connectivity index (χ0v) is 10.9. The molecule has 0 spiro atoms. The Balaban J connectivity index is 2.14. The molecular formula is C10H11N3O2S2. The highest BCUT2D eigenvalue weighted by molar-refractivity contribution is 7.17. The summed E-state index contributed by atoms with van der Waals surface area (Å²) in [6.07, 6.45) is 1.74. The number of hydrogen-bond donors (Lipinski definition) is 2. The van der Waals surface area contributed by atoms with Crippen LogP contribution in [0, 0.1) is 6.92 Å². The standard InChI is InChI=1S/C10H11N3O2S2/c1-5-7(9(14)15)17-10(12-5)13-6(2)8-11-3-4-16-8/h3-4,6H,1-2H3,(H,12,13)(H,14,15). The number of carbonyl (C=O) groups is 1. The Labute approximate surface area is 106 Å². The van der Waals surface area contributed by atoms with Crippen LogP contribution in [0.15, 0.2) is 11.6 Å². The van der Waals surface area contributed by atoms with Gasteiger partial charge in [-0.2, -0.15) is 0 Å². The zero-order chi connectivity index (χ0) is 12.4. The second-order valence-corrected chi connectivity index (χ2v) is 5.40. The van der Waals surface area contributed by atoms with Crippen LogP contribution in [-0.4, -0.2) is 21.0 Å². The van der Waals surface area contributed by atoms with Crippen LogP contribution in [0.5, 0.6) is 0 Å². The summed E-state index contributed by atoms with van der Waals surface area (Å²) in [7, 11) is 0. The molecule has 0 aliphatic heterocycles. The van der Waals surface area contributed by atoms with E-state index in [9.17, 15) is 4.79 Å². The van der Waals surface area contributed by atoms with Gasteiger partial charge in [0.05, 0.1) is 11.7 Å². The van der Waals surface area contributed by atoms with Gasteiger partial charge in [0.15, 0.2) is 5.13 Å². The molecule has 2 aromatic rings. The van der Waals surface area contributed by atoms with Gasteiger partial charge in [-0.15, -0.1) is 11.3 Å².